The summed E-state index contributed by atoms with van der Waals surface area (Å²) in [6.07, 6.45) is 0. The zero-order chi connectivity index (χ0) is 25.4. The van der Waals surface area contributed by atoms with Crippen LogP contribution in [0.25, 0.3) is 11.1 Å². The molecule has 0 aliphatic carbocycles. The second-order valence-electron chi connectivity index (χ2n) is 8.44. The van der Waals surface area contributed by atoms with Gasteiger partial charge in [0.2, 0.25) is 0 Å². The molecule has 0 saturated heterocycles. The van der Waals surface area contributed by atoms with E-state index in [1.54, 1.807) is 25.3 Å². The van der Waals surface area contributed by atoms with Gasteiger partial charge in [0.15, 0.2) is 11.5 Å². The molecule has 1 amide bonds. The number of nitrogens with one attached hydrogen (secondary N) is 1. The van der Waals surface area contributed by atoms with Gasteiger partial charge in [-0.15, -0.1) is 0 Å². The maximum absolute atomic E-state index is 12.9. The highest BCUT2D eigenvalue weighted by Gasteiger charge is 2.12. The number of likely N-dealkylation sites (N-methyl/N-ethyl adjacent to an activating group) is 1. The molecule has 0 aliphatic rings. The van der Waals surface area contributed by atoms with E-state index in [0.717, 1.165) is 34.5 Å². The molecule has 3 aromatic carbocycles. The molecule has 0 aliphatic heterocycles. The average molecular weight is 476 g/mol. The van der Waals surface area contributed by atoms with Crippen LogP contribution in [-0.4, -0.2) is 58.0 Å². The van der Waals surface area contributed by atoms with E-state index < -0.39 is 0 Å². The van der Waals surface area contributed by atoms with Crippen LogP contribution >= 0.6 is 0 Å². The van der Waals surface area contributed by atoms with Crippen molar-refractivity contribution in [3.63, 3.8) is 0 Å². The number of benzene rings is 3. The Bertz CT molecular complexity index is 1190. The fourth-order valence-corrected chi connectivity index (χ4v) is 3.61. The van der Waals surface area contributed by atoms with E-state index >= 15 is 0 Å². The number of hydrogen-bond donors (Lipinski definition) is 1. The Balaban J connectivity index is 1.72. The highest BCUT2D eigenvalue weighted by Crippen LogP contribution is 2.31. The molecule has 35 heavy (non-hydrogen) atoms. The third-order valence-electron chi connectivity index (χ3n) is 5.55. The third-order valence-corrected chi connectivity index (χ3v) is 5.55. The maximum atomic E-state index is 12.9. The lowest BCUT2D eigenvalue weighted by Crippen LogP contribution is -2.19. The van der Waals surface area contributed by atoms with Crippen LogP contribution in [-0.2, 0) is 4.84 Å². The number of anilines is 1. The van der Waals surface area contributed by atoms with Crippen molar-refractivity contribution in [2.45, 2.75) is 13.8 Å². The molecule has 0 fully saturated rings. The standard InChI is InChI=1S/C28H33N3O4/c1-19-17-23(20(2)30-34-6)11-13-25(19)21-7-9-22(10-8-21)28(32)29-24-12-14-26(33-5)27(18-24)35-16-15-31(3)4/h7-14,17-18H,15-16H2,1-6H3,(H,29,32). The van der Waals surface area contributed by atoms with E-state index in [0.29, 0.717) is 29.4 Å². The molecule has 184 valence electrons. The van der Waals surface area contributed by atoms with Crippen LogP contribution in [0.1, 0.15) is 28.4 Å². The summed E-state index contributed by atoms with van der Waals surface area (Å²) < 4.78 is 11.2. The molecule has 0 bridgehead atoms. The quantitative estimate of drug-likeness (QED) is 0.321. The Kier molecular flexibility index (Phi) is 8.86. The van der Waals surface area contributed by atoms with Crippen LogP contribution < -0.4 is 14.8 Å². The third kappa shape index (κ3) is 6.83. The summed E-state index contributed by atoms with van der Waals surface area (Å²) in [6, 6.07) is 19.1. The van der Waals surface area contributed by atoms with Crippen molar-refractivity contribution in [3.05, 3.63) is 77.4 Å². The van der Waals surface area contributed by atoms with Crippen LogP contribution in [0.2, 0.25) is 0 Å². The predicted molar refractivity (Wildman–Crippen MR) is 141 cm³/mol. The van der Waals surface area contributed by atoms with Crippen molar-refractivity contribution in [3.8, 4) is 22.6 Å². The van der Waals surface area contributed by atoms with Crippen molar-refractivity contribution >= 4 is 17.3 Å². The summed E-state index contributed by atoms with van der Waals surface area (Å²) in [7, 11) is 7.10. The number of amides is 1. The molecule has 0 aromatic heterocycles. The van der Waals surface area contributed by atoms with Gasteiger partial charge in [-0.3, -0.25) is 4.79 Å². The molecule has 1 N–H and O–H groups in total. The van der Waals surface area contributed by atoms with Gasteiger partial charge in [0.1, 0.15) is 13.7 Å². The van der Waals surface area contributed by atoms with Gasteiger partial charge >= 0.3 is 0 Å². The van der Waals surface area contributed by atoms with Gasteiger partial charge in [0.25, 0.3) is 5.91 Å². The molecule has 7 heteroatoms. The van der Waals surface area contributed by atoms with Crippen LogP contribution in [0.3, 0.4) is 0 Å². The van der Waals surface area contributed by atoms with Crippen LogP contribution in [0.5, 0.6) is 11.5 Å². The van der Waals surface area contributed by atoms with E-state index in [1.165, 1.54) is 7.11 Å². The zero-order valence-corrected chi connectivity index (χ0v) is 21.2. The number of hydrogen-bond acceptors (Lipinski definition) is 6. The molecule has 0 radical (unpaired) electrons. The smallest absolute Gasteiger partial charge is 0.255 e. The summed E-state index contributed by atoms with van der Waals surface area (Å²) in [5.74, 6) is 1.02. The van der Waals surface area contributed by atoms with E-state index in [2.05, 4.69) is 29.5 Å². The number of rotatable bonds is 10. The Hall–Kier alpha value is -3.84. The molecule has 0 heterocycles. The molecule has 0 spiro atoms. The van der Waals surface area contributed by atoms with Crippen LogP contribution in [0.15, 0.2) is 65.8 Å². The second kappa shape index (κ2) is 12.0. The van der Waals surface area contributed by atoms with Gasteiger partial charge in [-0.25, -0.2) is 0 Å². The number of ether oxygens (including phenoxy) is 2. The van der Waals surface area contributed by atoms with Gasteiger partial charge in [0.05, 0.1) is 12.8 Å². The molecule has 0 saturated carbocycles. The van der Waals surface area contributed by atoms with E-state index in [9.17, 15) is 4.79 Å². The monoisotopic (exact) mass is 475 g/mol. The minimum Gasteiger partial charge on any atom is -0.493 e. The lowest BCUT2D eigenvalue weighted by atomic mass is 9.96. The van der Waals surface area contributed by atoms with Crippen molar-refractivity contribution in [2.24, 2.45) is 5.16 Å². The van der Waals surface area contributed by atoms with E-state index in [4.69, 9.17) is 14.3 Å². The van der Waals surface area contributed by atoms with Gasteiger partial charge in [0, 0.05) is 23.9 Å². The lowest BCUT2D eigenvalue weighted by molar-refractivity contribution is 0.102. The largest absolute Gasteiger partial charge is 0.493 e. The first-order valence-electron chi connectivity index (χ1n) is 11.4. The topological polar surface area (TPSA) is 72.4 Å². The molecule has 7 nitrogen and oxygen atoms in total. The fraction of sp³-hybridized carbons (Fsp3) is 0.286. The fourth-order valence-electron chi connectivity index (χ4n) is 3.61. The first-order valence-corrected chi connectivity index (χ1v) is 11.4. The van der Waals surface area contributed by atoms with Gasteiger partial charge in [-0.2, -0.15) is 0 Å². The van der Waals surface area contributed by atoms with Crippen LogP contribution in [0, 0.1) is 6.92 Å². The predicted octanol–water partition coefficient (Wildman–Crippen LogP) is 5.23. The number of nitrogens with zero attached hydrogens (tertiary/aromatic N) is 2. The van der Waals surface area contributed by atoms with Gasteiger partial charge < -0.3 is 24.5 Å². The molecular formula is C28H33N3O4. The van der Waals surface area contributed by atoms with Crippen molar-refractivity contribution < 1.29 is 19.1 Å². The minimum atomic E-state index is -0.195. The van der Waals surface area contributed by atoms with Crippen LogP contribution in [0.4, 0.5) is 5.69 Å². The summed E-state index contributed by atoms with van der Waals surface area (Å²) in [6.45, 7) is 5.25. The maximum Gasteiger partial charge on any atom is 0.255 e. The Labute approximate surface area is 207 Å². The number of aryl methyl sites for hydroxylation is 1. The molecule has 0 atom stereocenters. The SMILES string of the molecule is CON=C(C)c1ccc(-c2ccc(C(=O)Nc3ccc(OC)c(OCCN(C)C)c3)cc2)c(C)c1. The zero-order valence-electron chi connectivity index (χ0n) is 21.2. The van der Waals surface area contributed by atoms with E-state index in [-0.39, 0.29) is 5.91 Å². The van der Waals surface area contributed by atoms with Crippen molar-refractivity contribution in [1.29, 1.82) is 0 Å². The van der Waals surface area contributed by atoms with Crippen molar-refractivity contribution in [2.75, 3.05) is 46.8 Å². The molecule has 3 rings (SSSR count). The number of oxime groups is 1. The molecule has 0 unspecified atom stereocenters. The summed E-state index contributed by atoms with van der Waals surface area (Å²) in [5.41, 5.74) is 6.28. The highest BCUT2D eigenvalue weighted by atomic mass is 16.6. The lowest BCUT2D eigenvalue weighted by Gasteiger charge is -2.15. The summed E-state index contributed by atoms with van der Waals surface area (Å²) >= 11 is 0. The second-order valence-corrected chi connectivity index (χ2v) is 8.44. The average Bonchev–Trinajstić information content (AvgIpc) is 2.84. The summed E-state index contributed by atoms with van der Waals surface area (Å²) in [4.78, 5) is 19.8. The van der Waals surface area contributed by atoms with Gasteiger partial charge in [-0.05, 0) is 80.5 Å². The molecule has 3 aromatic rings. The normalized spacial score (nSPS) is 11.3. The summed E-state index contributed by atoms with van der Waals surface area (Å²) in [5, 5.41) is 6.94. The first kappa shape index (κ1) is 25.8. The number of carbonyl (C=O) groups excluding carboxylic acids is 1. The number of carbonyl (C=O) groups is 1. The van der Waals surface area contributed by atoms with Crippen molar-refractivity contribution in [1.82, 2.24) is 4.90 Å². The Morgan fingerprint density at radius 2 is 1.66 bits per heavy atom. The van der Waals surface area contributed by atoms with Gasteiger partial charge in [-0.1, -0.05) is 29.4 Å². The Morgan fingerprint density at radius 1 is 0.943 bits per heavy atom. The highest BCUT2D eigenvalue weighted by molar-refractivity contribution is 6.04. The Morgan fingerprint density at radius 3 is 2.29 bits per heavy atom. The number of methoxy groups -OCH3 is 1. The first-order chi connectivity index (χ1) is 16.8. The van der Waals surface area contributed by atoms with E-state index in [1.807, 2.05) is 56.3 Å². The molecular weight excluding hydrogens is 442 g/mol. The minimum absolute atomic E-state index is 0.195.